The van der Waals surface area contributed by atoms with Crippen molar-refractivity contribution in [3.63, 3.8) is 0 Å². The van der Waals surface area contributed by atoms with Crippen LogP contribution in [0.1, 0.15) is 25.3 Å². The molecular weight excluding hydrogens is 312 g/mol. The maximum Gasteiger partial charge on any atom is 0.246 e. The average molecular weight is 334 g/mol. The van der Waals surface area contributed by atoms with E-state index in [1.807, 2.05) is 38.1 Å². The van der Waals surface area contributed by atoms with Crippen LogP contribution in [0.4, 0.5) is 0 Å². The van der Waals surface area contributed by atoms with Crippen LogP contribution in [-0.4, -0.2) is 41.1 Å². The van der Waals surface area contributed by atoms with E-state index in [-0.39, 0.29) is 17.0 Å². The standard InChI is InChI=1S/C16H22N4O2S/c1-12-3-5-15(6-4-12)19-11-16(10-18-19)23(21,22)20-8-7-14(17)9-13(20)2/h3-6,10-11,13-14H,7-9,17H2,1-2H3. The number of aryl methyl sites for hydroxylation is 1. The van der Waals surface area contributed by atoms with E-state index in [4.69, 9.17) is 5.73 Å². The summed E-state index contributed by atoms with van der Waals surface area (Å²) >= 11 is 0. The van der Waals surface area contributed by atoms with E-state index in [9.17, 15) is 8.42 Å². The fourth-order valence-corrected chi connectivity index (χ4v) is 4.55. The van der Waals surface area contributed by atoms with Crippen molar-refractivity contribution < 1.29 is 8.42 Å². The molecule has 7 heteroatoms. The highest BCUT2D eigenvalue weighted by Crippen LogP contribution is 2.25. The molecule has 2 unspecified atom stereocenters. The molecule has 2 heterocycles. The molecule has 2 N–H and O–H groups in total. The number of hydrogen-bond donors (Lipinski definition) is 1. The average Bonchev–Trinajstić information content (AvgIpc) is 2.98. The van der Waals surface area contributed by atoms with Gasteiger partial charge in [-0.15, -0.1) is 0 Å². The van der Waals surface area contributed by atoms with Crippen LogP contribution in [0.2, 0.25) is 0 Å². The summed E-state index contributed by atoms with van der Waals surface area (Å²) in [6, 6.07) is 7.76. The molecule has 3 rings (SSSR count). The zero-order valence-electron chi connectivity index (χ0n) is 13.4. The molecule has 1 aromatic carbocycles. The maximum absolute atomic E-state index is 12.8. The molecule has 23 heavy (non-hydrogen) atoms. The summed E-state index contributed by atoms with van der Waals surface area (Å²) in [4.78, 5) is 0.223. The minimum Gasteiger partial charge on any atom is -0.328 e. The monoisotopic (exact) mass is 334 g/mol. The molecule has 124 valence electrons. The molecule has 1 fully saturated rings. The van der Waals surface area contributed by atoms with Crippen LogP contribution in [0.15, 0.2) is 41.6 Å². The molecular formula is C16H22N4O2S. The summed E-state index contributed by atoms with van der Waals surface area (Å²) in [6.07, 6.45) is 4.36. The number of nitrogens with two attached hydrogens (primary N) is 1. The number of sulfonamides is 1. The lowest BCUT2D eigenvalue weighted by molar-refractivity contribution is 0.247. The highest BCUT2D eigenvalue weighted by Gasteiger charge is 2.34. The molecule has 0 amide bonds. The third-order valence-electron chi connectivity index (χ3n) is 4.32. The van der Waals surface area contributed by atoms with Crippen molar-refractivity contribution in [3.8, 4) is 5.69 Å². The summed E-state index contributed by atoms with van der Waals surface area (Å²) in [5.74, 6) is 0. The van der Waals surface area contributed by atoms with Crippen LogP contribution < -0.4 is 5.73 Å². The molecule has 1 aliphatic heterocycles. The Hall–Kier alpha value is -1.70. The van der Waals surface area contributed by atoms with Crippen molar-refractivity contribution >= 4 is 10.0 Å². The molecule has 1 aliphatic rings. The zero-order valence-corrected chi connectivity index (χ0v) is 14.2. The quantitative estimate of drug-likeness (QED) is 0.926. The van der Waals surface area contributed by atoms with Crippen molar-refractivity contribution in [2.75, 3.05) is 6.54 Å². The minimum absolute atomic E-state index is 0.0757. The van der Waals surface area contributed by atoms with Gasteiger partial charge in [-0.25, -0.2) is 13.1 Å². The molecule has 1 saturated heterocycles. The van der Waals surface area contributed by atoms with Gasteiger partial charge in [0, 0.05) is 18.6 Å². The number of hydrogen-bond acceptors (Lipinski definition) is 4. The van der Waals surface area contributed by atoms with Gasteiger partial charge in [0.2, 0.25) is 10.0 Å². The Morgan fingerprint density at radius 2 is 1.96 bits per heavy atom. The van der Waals surface area contributed by atoms with Crippen LogP contribution in [0.25, 0.3) is 5.69 Å². The molecule has 1 aromatic heterocycles. The Kier molecular flexibility index (Phi) is 4.27. The first kappa shape index (κ1) is 16.2. The zero-order chi connectivity index (χ0) is 16.6. The van der Waals surface area contributed by atoms with E-state index in [0.717, 1.165) is 11.3 Å². The Morgan fingerprint density at radius 1 is 1.26 bits per heavy atom. The molecule has 0 spiro atoms. The largest absolute Gasteiger partial charge is 0.328 e. The molecule has 2 aromatic rings. The topological polar surface area (TPSA) is 81.2 Å². The SMILES string of the molecule is Cc1ccc(-n2cc(S(=O)(=O)N3CCC(N)CC3C)cn2)cc1. The van der Waals surface area contributed by atoms with E-state index in [1.54, 1.807) is 10.9 Å². The van der Waals surface area contributed by atoms with Gasteiger partial charge < -0.3 is 5.73 Å². The number of aromatic nitrogens is 2. The third kappa shape index (κ3) is 3.17. The summed E-state index contributed by atoms with van der Waals surface area (Å²) < 4.78 is 28.8. The molecule has 0 bridgehead atoms. The van der Waals surface area contributed by atoms with Crippen molar-refractivity contribution in [3.05, 3.63) is 42.2 Å². The van der Waals surface area contributed by atoms with E-state index in [2.05, 4.69) is 5.10 Å². The molecule has 2 atom stereocenters. The van der Waals surface area contributed by atoms with Gasteiger partial charge in [-0.1, -0.05) is 17.7 Å². The van der Waals surface area contributed by atoms with Crippen LogP contribution >= 0.6 is 0 Å². The lowest BCUT2D eigenvalue weighted by atomic mass is 10.0. The van der Waals surface area contributed by atoms with Crippen molar-refractivity contribution in [2.24, 2.45) is 5.73 Å². The van der Waals surface area contributed by atoms with Crippen molar-refractivity contribution in [1.29, 1.82) is 0 Å². The highest BCUT2D eigenvalue weighted by molar-refractivity contribution is 7.89. The summed E-state index contributed by atoms with van der Waals surface area (Å²) in [6.45, 7) is 4.37. The predicted molar refractivity (Wildman–Crippen MR) is 88.9 cm³/mol. The van der Waals surface area contributed by atoms with E-state index in [1.165, 1.54) is 10.5 Å². The van der Waals surface area contributed by atoms with E-state index < -0.39 is 10.0 Å². The molecule has 0 aliphatic carbocycles. The third-order valence-corrected chi connectivity index (χ3v) is 6.29. The van der Waals surface area contributed by atoms with Crippen molar-refractivity contribution in [1.82, 2.24) is 14.1 Å². The second kappa shape index (κ2) is 6.07. The highest BCUT2D eigenvalue weighted by atomic mass is 32.2. The molecule has 0 radical (unpaired) electrons. The van der Waals surface area contributed by atoms with Gasteiger partial charge in [0.1, 0.15) is 4.90 Å². The summed E-state index contributed by atoms with van der Waals surface area (Å²) in [5.41, 5.74) is 7.91. The van der Waals surface area contributed by atoms with Gasteiger partial charge in [-0.05, 0) is 38.8 Å². The van der Waals surface area contributed by atoms with E-state index >= 15 is 0 Å². The second-order valence-electron chi connectivity index (χ2n) is 6.21. The second-order valence-corrected chi connectivity index (χ2v) is 8.10. The maximum atomic E-state index is 12.8. The first-order valence-electron chi connectivity index (χ1n) is 7.77. The van der Waals surface area contributed by atoms with Crippen LogP contribution in [0, 0.1) is 6.92 Å². The Morgan fingerprint density at radius 3 is 2.61 bits per heavy atom. The first-order chi connectivity index (χ1) is 10.9. The van der Waals surface area contributed by atoms with Gasteiger partial charge in [-0.3, -0.25) is 0 Å². The summed E-state index contributed by atoms with van der Waals surface area (Å²) in [7, 11) is -3.54. The van der Waals surface area contributed by atoms with Crippen LogP contribution in [0.5, 0.6) is 0 Å². The fraction of sp³-hybridized carbons (Fsp3) is 0.438. The number of nitrogens with zero attached hydrogens (tertiary/aromatic N) is 3. The molecule has 0 saturated carbocycles. The van der Waals surface area contributed by atoms with E-state index in [0.29, 0.717) is 19.4 Å². The Balaban J connectivity index is 1.88. The minimum atomic E-state index is -3.54. The predicted octanol–water partition coefficient (Wildman–Crippen LogP) is 1.68. The first-order valence-corrected chi connectivity index (χ1v) is 9.21. The summed E-state index contributed by atoms with van der Waals surface area (Å²) in [5, 5.41) is 4.20. The molecule has 6 nitrogen and oxygen atoms in total. The van der Waals surface area contributed by atoms with Crippen LogP contribution in [0.3, 0.4) is 0 Å². The van der Waals surface area contributed by atoms with Crippen molar-refractivity contribution in [2.45, 2.75) is 43.7 Å². The lowest BCUT2D eigenvalue weighted by Crippen LogP contribution is -2.48. The smallest absolute Gasteiger partial charge is 0.246 e. The fourth-order valence-electron chi connectivity index (χ4n) is 2.96. The Labute approximate surface area is 137 Å². The van der Waals surface area contributed by atoms with Gasteiger partial charge in [-0.2, -0.15) is 9.40 Å². The van der Waals surface area contributed by atoms with Gasteiger partial charge >= 0.3 is 0 Å². The lowest BCUT2D eigenvalue weighted by Gasteiger charge is -2.34. The van der Waals surface area contributed by atoms with Crippen LogP contribution in [-0.2, 0) is 10.0 Å². The number of piperidine rings is 1. The normalized spacial score (nSPS) is 23.1. The number of rotatable bonds is 3. The van der Waals surface area contributed by atoms with Gasteiger partial charge in [0.25, 0.3) is 0 Å². The van der Waals surface area contributed by atoms with Gasteiger partial charge in [0.15, 0.2) is 0 Å². The Bertz CT molecular complexity index is 783. The van der Waals surface area contributed by atoms with Gasteiger partial charge in [0.05, 0.1) is 18.1 Å². The number of benzene rings is 1.